The van der Waals surface area contributed by atoms with Gasteiger partial charge in [-0.05, 0) is 18.2 Å². The number of benzene rings is 2. The van der Waals surface area contributed by atoms with Gasteiger partial charge < -0.3 is 10.0 Å². The summed E-state index contributed by atoms with van der Waals surface area (Å²) in [5.41, 5.74) is 0.482. The van der Waals surface area contributed by atoms with E-state index in [0.29, 0.717) is 5.69 Å². The van der Waals surface area contributed by atoms with Crippen LogP contribution in [0.5, 0.6) is 5.75 Å². The molecule has 0 aromatic heterocycles. The molecule has 8 heteroatoms. The third kappa shape index (κ3) is 2.47. The second kappa shape index (κ2) is 5.73. The van der Waals surface area contributed by atoms with Crippen molar-refractivity contribution in [3.63, 3.8) is 0 Å². The van der Waals surface area contributed by atoms with Crippen LogP contribution in [0.2, 0.25) is 0 Å². The minimum absolute atomic E-state index is 0.0279. The fraction of sp³-hybridized carbons (Fsp3) is 0.125. The molecule has 1 heterocycles. The molecule has 1 aliphatic heterocycles. The summed E-state index contributed by atoms with van der Waals surface area (Å²) in [5, 5.41) is 20.6. The van der Waals surface area contributed by atoms with Crippen molar-refractivity contribution in [1.82, 2.24) is 0 Å². The number of non-ortho nitro benzene ring substituents is 1. The summed E-state index contributed by atoms with van der Waals surface area (Å²) in [4.78, 5) is 28.0. The molecular formula is C16H12FN3O4. The van der Waals surface area contributed by atoms with Gasteiger partial charge in [0.15, 0.2) is 11.6 Å². The lowest BCUT2D eigenvalue weighted by Crippen LogP contribution is -2.27. The number of fused-ring (bicyclic) bond motifs is 1. The molecule has 0 saturated heterocycles. The fourth-order valence-electron chi connectivity index (χ4n) is 2.52. The minimum Gasteiger partial charge on any atom is -0.505 e. The minimum atomic E-state index is -0.897. The number of aliphatic imine (C=N–C) groups is 1. The number of anilines is 1. The summed E-state index contributed by atoms with van der Waals surface area (Å²) in [7, 11) is 1.52. The van der Waals surface area contributed by atoms with E-state index in [4.69, 9.17) is 0 Å². The van der Waals surface area contributed by atoms with Crippen molar-refractivity contribution < 1.29 is 19.2 Å². The van der Waals surface area contributed by atoms with Crippen molar-refractivity contribution in [1.29, 1.82) is 0 Å². The SMILES string of the molecule is CN1C(=O)CN=C(c2cccc(O)c2F)c2cc([N+](=O)[O-])ccc21. The van der Waals surface area contributed by atoms with Crippen LogP contribution >= 0.6 is 0 Å². The topological polar surface area (TPSA) is 96.0 Å². The summed E-state index contributed by atoms with van der Waals surface area (Å²) >= 11 is 0. The maximum absolute atomic E-state index is 14.3. The smallest absolute Gasteiger partial charge is 0.270 e. The normalized spacial score (nSPS) is 14.0. The number of aromatic hydroxyl groups is 1. The van der Waals surface area contributed by atoms with Gasteiger partial charge in [0, 0.05) is 30.3 Å². The molecule has 1 amide bonds. The molecule has 2 aromatic rings. The predicted molar refractivity (Wildman–Crippen MR) is 85.1 cm³/mol. The van der Waals surface area contributed by atoms with Gasteiger partial charge in [-0.3, -0.25) is 19.9 Å². The van der Waals surface area contributed by atoms with Gasteiger partial charge >= 0.3 is 0 Å². The number of nitrogens with zero attached hydrogens (tertiary/aromatic N) is 3. The summed E-state index contributed by atoms with van der Waals surface area (Å²) < 4.78 is 14.3. The van der Waals surface area contributed by atoms with Crippen molar-refractivity contribution in [2.75, 3.05) is 18.5 Å². The highest BCUT2D eigenvalue weighted by atomic mass is 19.1. The summed E-state index contributed by atoms with van der Waals surface area (Å²) in [5.74, 6) is -1.79. The van der Waals surface area contributed by atoms with E-state index in [1.54, 1.807) is 0 Å². The Morgan fingerprint density at radius 1 is 1.29 bits per heavy atom. The van der Waals surface area contributed by atoms with Gasteiger partial charge in [-0.2, -0.15) is 0 Å². The highest BCUT2D eigenvalue weighted by Gasteiger charge is 2.26. The van der Waals surface area contributed by atoms with Crippen LogP contribution in [0.15, 0.2) is 41.4 Å². The predicted octanol–water partition coefficient (Wildman–Crippen LogP) is 2.25. The summed E-state index contributed by atoms with van der Waals surface area (Å²) in [6, 6.07) is 7.95. The second-order valence-corrected chi connectivity index (χ2v) is 5.21. The van der Waals surface area contributed by atoms with Gasteiger partial charge in [0.25, 0.3) is 5.69 Å². The Hall–Kier alpha value is -3.29. The van der Waals surface area contributed by atoms with E-state index in [9.17, 15) is 24.4 Å². The largest absolute Gasteiger partial charge is 0.505 e. The monoisotopic (exact) mass is 329 g/mol. The van der Waals surface area contributed by atoms with E-state index in [-0.39, 0.29) is 35.0 Å². The molecule has 24 heavy (non-hydrogen) atoms. The van der Waals surface area contributed by atoms with Crippen LogP contribution in [-0.2, 0) is 4.79 Å². The van der Waals surface area contributed by atoms with E-state index < -0.39 is 16.5 Å². The third-order valence-corrected chi connectivity index (χ3v) is 3.79. The number of amides is 1. The van der Waals surface area contributed by atoms with E-state index in [1.807, 2.05) is 0 Å². The second-order valence-electron chi connectivity index (χ2n) is 5.21. The Morgan fingerprint density at radius 3 is 2.75 bits per heavy atom. The Bertz CT molecular complexity index is 895. The molecule has 0 spiro atoms. The summed E-state index contributed by atoms with van der Waals surface area (Å²) in [6.45, 7) is -0.233. The number of phenolic OH excluding ortho intramolecular Hbond substituents is 1. The third-order valence-electron chi connectivity index (χ3n) is 3.79. The van der Waals surface area contributed by atoms with E-state index in [2.05, 4.69) is 4.99 Å². The number of hydrogen-bond donors (Lipinski definition) is 1. The van der Waals surface area contributed by atoms with Crippen LogP contribution in [0.25, 0.3) is 0 Å². The van der Waals surface area contributed by atoms with Crippen molar-refractivity contribution in [3.8, 4) is 5.75 Å². The van der Waals surface area contributed by atoms with E-state index in [1.165, 1.54) is 48.3 Å². The molecule has 3 rings (SSSR count). The molecule has 122 valence electrons. The highest BCUT2D eigenvalue weighted by Crippen LogP contribution is 2.31. The van der Waals surface area contributed by atoms with Gasteiger partial charge in [-0.25, -0.2) is 4.39 Å². The highest BCUT2D eigenvalue weighted by molar-refractivity contribution is 6.20. The number of nitro benzene ring substituents is 1. The van der Waals surface area contributed by atoms with Gasteiger partial charge in [0.05, 0.1) is 16.3 Å². The van der Waals surface area contributed by atoms with Gasteiger partial charge in [-0.1, -0.05) is 6.07 Å². The van der Waals surface area contributed by atoms with Crippen LogP contribution in [0, 0.1) is 15.9 Å². The number of halogens is 1. The lowest BCUT2D eigenvalue weighted by molar-refractivity contribution is -0.384. The van der Waals surface area contributed by atoms with Crippen LogP contribution < -0.4 is 4.90 Å². The first kappa shape index (κ1) is 15.6. The van der Waals surface area contributed by atoms with Crippen LogP contribution in [0.1, 0.15) is 11.1 Å². The zero-order chi connectivity index (χ0) is 17.4. The molecule has 2 aromatic carbocycles. The number of rotatable bonds is 2. The molecule has 0 radical (unpaired) electrons. The molecule has 0 fully saturated rings. The Kier molecular flexibility index (Phi) is 3.72. The standard InChI is InChI=1S/C16H12FN3O4/c1-19-12-6-5-9(20(23)24)7-11(12)16(18-8-14(19)22)10-3-2-4-13(21)15(10)17/h2-7,21H,8H2,1H3. The quantitative estimate of drug-likeness (QED) is 0.675. The molecular weight excluding hydrogens is 317 g/mol. The van der Waals surface area contributed by atoms with Crippen molar-refractivity contribution >= 4 is 23.0 Å². The van der Waals surface area contributed by atoms with Crippen molar-refractivity contribution in [2.45, 2.75) is 0 Å². The number of phenols is 1. The lowest BCUT2D eigenvalue weighted by Gasteiger charge is -2.17. The number of nitro groups is 1. The first-order valence-corrected chi connectivity index (χ1v) is 6.98. The van der Waals surface area contributed by atoms with E-state index in [0.717, 1.165) is 0 Å². The molecule has 0 aliphatic carbocycles. The lowest BCUT2D eigenvalue weighted by atomic mass is 9.99. The van der Waals surface area contributed by atoms with Crippen LogP contribution in [0.4, 0.5) is 15.8 Å². The number of benzodiazepines with no additional fused rings is 1. The van der Waals surface area contributed by atoms with E-state index >= 15 is 0 Å². The number of carbonyl (C=O) groups is 1. The number of hydrogen-bond acceptors (Lipinski definition) is 5. The molecule has 1 N–H and O–H groups in total. The Balaban J connectivity index is 2.29. The van der Waals surface area contributed by atoms with Crippen molar-refractivity contribution in [3.05, 3.63) is 63.5 Å². The fourth-order valence-corrected chi connectivity index (χ4v) is 2.52. The first-order chi connectivity index (χ1) is 11.4. The van der Waals surface area contributed by atoms with Crippen LogP contribution in [-0.4, -0.2) is 35.2 Å². The maximum atomic E-state index is 14.3. The summed E-state index contributed by atoms with van der Waals surface area (Å²) in [6.07, 6.45) is 0. The first-order valence-electron chi connectivity index (χ1n) is 6.98. The molecule has 0 unspecified atom stereocenters. The molecule has 7 nitrogen and oxygen atoms in total. The van der Waals surface area contributed by atoms with Gasteiger partial charge in [0.1, 0.15) is 6.54 Å². The van der Waals surface area contributed by atoms with Crippen LogP contribution in [0.3, 0.4) is 0 Å². The number of likely N-dealkylation sites (N-methyl/N-ethyl adjacent to an activating group) is 1. The zero-order valence-electron chi connectivity index (χ0n) is 12.6. The van der Waals surface area contributed by atoms with Gasteiger partial charge in [0.2, 0.25) is 5.91 Å². The molecule has 0 saturated carbocycles. The average molecular weight is 329 g/mol. The molecule has 0 atom stereocenters. The Labute approximate surface area is 135 Å². The molecule has 1 aliphatic rings. The average Bonchev–Trinajstić information content (AvgIpc) is 2.68. The number of carbonyl (C=O) groups excluding carboxylic acids is 1. The van der Waals surface area contributed by atoms with Gasteiger partial charge in [-0.15, -0.1) is 0 Å². The zero-order valence-corrected chi connectivity index (χ0v) is 12.6. The molecule has 0 bridgehead atoms. The maximum Gasteiger partial charge on any atom is 0.270 e. The Morgan fingerprint density at radius 2 is 2.04 bits per heavy atom. The van der Waals surface area contributed by atoms with Crippen molar-refractivity contribution in [2.24, 2.45) is 4.99 Å².